The standard InChI is InChI=1S/C41H34N4O9S/c1-25-36(46)45(34-31(42-25)35(44-41(43-34)55-2)50-23-26-15-7-3-8-16-26)37-33(54-40(49)29-21-13-6-14-22-29)32(53-39(48)28-19-11-5-12-20-28)30(52-37)24-51-38(47)27-17-9-4-10-18-27/h3-22,30,32-33,37H,23-24H2,1-2H3/t30-,32-,33-,37?/m1/s1. The molecular weight excluding hydrogens is 725 g/mol. The summed E-state index contributed by atoms with van der Waals surface area (Å²) in [5.41, 5.74) is 1.10. The van der Waals surface area contributed by atoms with E-state index in [4.69, 9.17) is 23.7 Å². The number of carbonyl (C=O) groups excluding carboxylic acids is 3. The Kier molecular flexibility index (Phi) is 11.3. The van der Waals surface area contributed by atoms with Crippen molar-refractivity contribution >= 4 is 40.8 Å². The Labute approximate surface area is 319 Å². The molecule has 0 spiro atoms. The Balaban J connectivity index is 1.34. The zero-order valence-electron chi connectivity index (χ0n) is 29.6. The van der Waals surface area contributed by atoms with Crippen LogP contribution < -0.4 is 10.3 Å². The van der Waals surface area contributed by atoms with Crippen molar-refractivity contribution in [3.63, 3.8) is 0 Å². The SMILES string of the molecule is CSc1nc(OCc2ccccc2)c2nc(C)c(=O)n(C3O[C@H](COC(=O)c4ccccc4)[C@@H](OC(=O)c4ccccc4)[C@H]3OC(=O)c3ccccc3)c2n1. The Hall–Kier alpha value is -6.38. The molecule has 1 unspecified atom stereocenters. The second kappa shape index (κ2) is 16.7. The molecule has 1 saturated heterocycles. The van der Waals surface area contributed by atoms with E-state index < -0.39 is 54.6 Å². The normalized spacial score (nSPS) is 17.7. The Morgan fingerprint density at radius 1 is 0.709 bits per heavy atom. The van der Waals surface area contributed by atoms with E-state index in [0.29, 0.717) is 0 Å². The van der Waals surface area contributed by atoms with E-state index in [0.717, 1.165) is 5.56 Å². The molecule has 0 aliphatic carbocycles. The summed E-state index contributed by atoms with van der Waals surface area (Å²) in [4.78, 5) is 68.6. The lowest BCUT2D eigenvalue weighted by Crippen LogP contribution is -2.42. The smallest absolute Gasteiger partial charge is 0.338 e. The van der Waals surface area contributed by atoms with Gasteiger partial charge >= 0.3 is 17.9 Å². The Morgan fingerprint density at radius 3 is 1.80 bits per heavy atom. The van der Waals surface area contributed by atoms with E-state index in [1.165, 1.54) is 23.3 Å². The molecule has 4 atom stereocenters. The zero-order chi connectivity index (χ0) is 38.3. The van der Waals surface area contributed by atoms with Gasteiger partial charge in [-0.1, -0.05) is 96.7 Å². The molecule has 0 bridgehead atoms. The molecule has 0 N–H and O–H groups in total. The summed E-state index contributed by atoms with van der Waals surface area (Å²) in [5.74, 6) is -2.11. The van der Waals surface area contributed by atoms with Gasteiger partial charge in [0.25, 0.3) is 5.56 Å². The summed E-state index contributed by atoms with van der Waals surface area (Å²) in [5, 5.41) is 0.255. The number of ether oxygens (including phenoxy) is 5. The van der Waals surface area contributed by atoms with Gasteiger partial charge in [-0.05, 0) is 55.1 Å². The van der Waals surface area contributed by atoms with Crippen LogP contribution in [0.3, 0.4) is 0 Å². The number of esters is 3. The summed E-state index contributed by atoms with van der Waals surface area (Å²) < 4.78 is 31.7. The number of benzene rings is 4. The second-order valence-electron chi connectivity index (χ2n) is 12.3. The molecule has 0 saturated carbocycles. The molecule has 278 valence electrons. The molecule has 1 aliphatic rings. The predicted octanol–water partition coefficient (Wildman–Crippen LogP) is 6.00. The molecule has 55 heavy (non-hydrogen) atoms. The van der Waals surface area contributed by atoms with Crippen LogP contribution in [0.4, 0.5) is 0 Å². The predicted molar refractivity (Wildman–Crippen MR) is 201 cm³/mol. The molecule has 0 amide bonds. The number of hydrogen-bond donors (Lipinski definition) is 0. The van der Waals surface area contributed by atoms with Gasteiger partial charge in [-0.2, -0.15) is 4.98 Å². The van der Waals surface area contributed by atoms with Gasteiger partial charge in [0, 0.05) is 0 Å². The highest BCUT2D eigenvalue weighted by Gasteiger charge is 2.52. The van der Waals surface area contributed by atoms with Crippen LogP contribution in [0, 0.1) is 6.92 Å². The van der Waals surface area contributed by atoms with Crippen LogP contribution in [0.2, 0.25) is 0 Å². The first-order valence-electron chi connectivity index (χ1n) is 17.2. The van der Waals surface area contributed by atoms with Crippen molar-refractivity contribution in [2.75, 3.05) is 12.9 Å². The first-order chi connectivity index (χ1) is 26.8. The van der Waals surface area contributed by atoms with Gasteiger partial charge < -0.3 is 23.7 Å². The Morgan fingerprint density at radius 2 is 1.24 bits per heavy atom. The van der Waals surface area contributed by atoms with Crippen LogP contribution in [-0.4, -0.2) is 68.6 Å². The third-order valence-electron chi connectivity index (χ3n) is 8.68. The van der Waals surface area contributed by atoms with E-state index in [2.05, 4.69) is 15.0 Å². The first-order valence-corrected chi connectivity index (χ1v) is 18.4. The maximum absolute atomic E-state index is 14.2. The number of thioether (sulfide) groups is 1. The third kappa shape index (κ3) is 8.25. The van der Waals surface area contributed by atoms with Gasteiger partial charge in [-0.3, -0.25) is 9.36 Å². The number of carbonyl (C=O) groups is 3. The van der Waals surface area contributed by atoms with E-state index in [1.807, 2.05) is 30.3 Å². The molecule has 3 heterocycles. The van der Waals surface area contributed by atoms with Crippen LogP contribution in [0.15, 0.2) is 131 Å². The minimum atomic E-state index is -1.47. The van der Waals surface area contributed by atoms with Crippen LogP contribution >= 0.6 is 11.8 Å². The fourth-order valence-corrected chi connectivity index (χ4v) is 6.33. The van der Waals surface area contributed by atoms with Crippen LogP contribution in [0.1, 0.15) is 48.6 Å². The minimum absolute atomic E-state index is 0.0128. The highest BCUT2D eigenvalue weighted by Crippen LogP contribution is 2.37. The van der Waals surface area contributed by atoms with E-state index in [1.54, 1.807) is 97.3 Å². The van der Waals surface area contributed by atoms with Crippen molar-refractivity contribution in [1.82, 2.24) is 19.5 Å². The number of hydrogen-bond acceptors (Lipinski definition) is 13. The summed E-state index contributed by atoms with van der Waals surface area (Å²) in [6.45, 7) is 1.21. The largest absolute Gasteiger partial charge is 0.471 e. The number of nitrogens with zero attached hydrogens (tertiary/aromatic N) is 4. The van der Waals surface area contributed by atoms with Crippen LogP contribution in [0.25, 0.3) is 11.2 Å². The fraction of sp³-hybridized carbons (Fsp3) is 0.195. The Bertz CT molecular complexity index is 2360. The average molecular weight is 759 g/mol. The minimum Gasteiger partial charge on any atom is -0.471 e. The topological polar surface area (TPSA) is 158 Å². The van der Waals surface area contributed by atoms with Gasteiger partial charge in [0.15, 0.2) is 34.8 Å². The zero-order valence-corrected chi connectivity index (χ0v) is 30.5. The van der Waals surface area contributed by atoms with E-state index >= 15 is 0 Å². The molecule has 13 nitrogen and oxygen atoms in total. The molecule has 14 heteroatoms. The molecule has 0 radical (unpaired) electrons. The van der Waals surface area contributed by atoms with Gasteiger partial charge in [-0.25, -0.2) is 24.4 Å². The lowest BCUT2D eigenvalue weighted by Gasteiger charge is -2.26. The molecule has 7 rings (SSSR count). The van der Waals surface area contributed by atoms with Crippen LogP contribution in [0.5, 0.6) is 5.88 Å². The molecular formula is C41H34N4O9S. The van der Waals surface area contributed by atoms with Crippen LogP contribution in [-0.2, 0) is 25.6 Å². The van der Waals surface area contributed by atoms with Crippen molar-refractivity contribution in [3.05, 3.63) is 160 Å². The number of aromatic nitrogens is 4. The molecule has 6 aromatic rings. The van der Waals surface area contributed by atoms with Crippen molar-refractivity contribution in [2.45, 2.75) is 43.2 Å². The van der Waals surface area contributed by atoms with Gasteiger partial charge in [0.1, 0.15) is 25.0 Å². The van der Waals surface area contributed by atoms with Crippen molar-refractivity contribution in [3.8, 4) is 5.88 Å². The summed E-state index contributed by atoms with van der Waals surface area (Å²) >= 11 is 1.21. The fourth-order valence-electron chi connectivity index (χ4n) is 5.97. The molecule has 4 aromatic carbocycles. The van der Waals surface area contributed by atoms with Gasteiger partial charge in [0.05, 0.1) is 16.7 Å². The maximum atomic E-state index is 14.2. The molecule has 1 aliphatic heterocycles. The monoisotopic (exact) mass is 758 g/mol. The van der Waals surface area contributed by atoms with Crippen molar-refractivity contribution < 1.29 is 38.1 Å². The number of rotatable bonds is 12. The summed E-state index contributed by atoms with van der Waals surface area (Å²) in [6, 6.07) is 34.2. The van der Waals surface area contributed by atoms with Gasteiger partial charge in [0.2, 0.25) is 5.88 Å². The van der Waals surface area contributed by atoms with E-state index in [-0.39, 0.29) is 51.2 Å². The lowest BCUT2D eigenvalue weighted by molar-refractivity contribution is -0.0619. The summed E-state index contributed by atoms with van der Waals surface area (Å²) in [7, 11) is 0. The third-order valence-corrected chi connectivity index (χ3v) is 9.23. The molecule has 1 fully saturated rings. The number of fused-ring (bicyclic) bond motifs is 1. The average Bonchev–Trinajstić information content (AvgIpc) is 3.55. The van der Waals surface area contributed by atoms with Gasteiger partial charge in [-0.15, -0.1) is 0 Å². The van der Waals surface area contributed by atoms with E-state index in [9.17, 15) is 19.2 Å². The quantitative estimate of drug-likeness (QED) is 0.0620. The van der Waals surface area contributed by atoms with Crippen molar-refractivity contribution in [2.24, 2.45) is 0 Å². The molecule has 2 aromatic heterocycles. The highest BCUT2D eigenvalue weighted by atomic mass is 32.2. The highest BCUT2D eigenvalue weighted by molar-refractivity contribution is 7.98. The first kappa shape index (κ1) is 37.0. The van der Waals surface area contributed by atoms with Crippen molar-refractivity contribution in [1.29, 1.82) is 0 Å². The summed E-state index contributed by atoms with van der Waals surface area (Å²) in [6.07, 6.45) is -3.79. The number of aryl methyl sites for hydroxylation is 1. The maximum Gasteiger partial charge on any atom is 0.338 e. The lowest BCUT2D eigenvalue weighted by atomic mass is 10.1. The second-order valence-corrected chi connectivity index (χ2v) is 13.1.